The van der Waals surface area contributed by atoms with Crippen LogP contribution in [-0.2, 0) is 4.79 Å². The Morgan fingerprint density at radius 2 is 1.42 bits per heavy atom. The zero-order valence-electron chi connectivity index (χ0n) is 6.76. The summed E-state index contributed by atoms with van der Waals surface area (Å²) in [4.78, 5) is 9.17. The Balaban J connectivity index is 0.000000261. The van der Waals surface area contributed by atoms with E-state index in [4.69, 9.17) is 0 Å². The average molecular weight is 294 g/mol. The molecule has 0 unspecified atom stereocenters. The van der Waals surface area contributed by atoms with E-state index in [1.165, 1.54) is 0 Å². The Labute approximate surface area is 89.4 Å². The molecule has 0 aromatic heterocycles. The van der Waals surface area contributed by atoms with Gasteiger partial charge in [0.05, 0.1) is 0 Å². The number of halogens is 2. The topological polar surface area (TPSA) is 17.1 Å². The van der Waals surface area contributed by atoms with Crippen LogP contribution in [0.15, 0.2) is 33.2 Å². The fraction of sp³-hybridized carbons (Fsp3) is 0.222. The summed E-state index contributed by atoms with van der Waals surface area (Å²) < 4.78 is 2.22. The molecule has 0 radical (unpaired) electrons. The van der Waals surface area contributed by atoms with Crippen LogP contribution in [0.1, 0.15) is 13.3 Å². The molecule has 66 valence electrons. The lowest BCUT2D eigenvalue weighted by Crippen LogP contribution is -1.61. The molecule has 3 heteroatoms. The lowest BCUT2D eigenvalue weighted by Gasteiger charge is -1.86. The van der Waals surface area contributed by atoms with Crippen LogP contribution in [0.3, 0.4) is 0 Å². The van der Waals surface area contributed by atoms with Gasteiger partial charge in [-0.05, 0) is 24.3 Å². The molecular formula is C9H10Br2O. The molecule has 0 saturated carbocycles. The third kappa shape index (κ3) is 6.55. The summed E-state index contributed by atoms with van der Waals surface area (Å²) in [5.74, 6) is 0. The number of hydrogen-bond acceptors (Lipinski definition) is 1. The smallest absolute Gasteiger partial charge is 0.119 e. The highest BCUT2D eigenvalue weighted by Crippen LogP contribution is 2.14. The van der Waals surface area contributed by atoms with E-state index in [9.17, 15) is 4.79 Å². The lowest BCUT2D eigenvalue weighted by atomic mass is 10.4. The molecule has 0 fully saturated rings. The number of carbonyl (C=O) groups excluding carboxylic acids is 1. The second kappa shape index (κ2) is 7.50. The minimum absolute atomic E-state index is 0.639. The first kappa shape index (κ1) is 11.8. The second-order valence-electron chi connectivity index (χ2n) is 2.01. The van der Waals surface area contributed by atoms with Crippen LogP contribution in [0.5, 0.6) is 0 Å². The molecule has 1 nitrogen and oxygen atoms in total. The van der Waals surface area contributed by atoms with Gasteiger partial charge in [0, 0.05) is 15.4 Å². The molecule has 0 heterocycles. The van der Waals surface area contributed by atoms with Gasteiger partial charge in [0.15, 0.2) is 0 Å². The monoisotopic (exact) mass is 292 g/mol. The van der Waals surface area contributed by atoms with Crippen molar-refractivity contribution in [2.24, 2.45) is 0 Å². The predicted molar refractivity (Wildman–Crippen MR) is 58.2 cm³/mol. The lowest BCUT2D eigenvalue weighted by molar-refractivity contribution is -0.107. The van der Waals surface area contributed by atoms with E-state index in [1.807, 2.05) is 31.2 Å². The Hall–Kier alpha value is -0.150. The first-order valence-electron chi connectivity index (χ1n) is 3.55. The van der Waals surface area contributed by atoms with E-state index in [0.29, 0.717) is 6.42 Å². The molecule has 0 N–H and O–H groups in total. The third-order valence-electron chi connectivity index (χ3n) is 0.970. The molecule has 0 bridgehead atoms. The van der Waals surface area contributed by atoms with E-state index in [-0.39, 0.29) is 0 Å². The predicted octanol–water partition coefficient (Wildman–Crippen LogP) is 3.81. The summed E-state index contributed by atoms with van der Waals surface area (Å²) in [5, 5.41) is 0. The molecule has 0 aliphatic carbocycles. The van der Waals surface area contributed by atoms with Crippen molar-refractivity contribution in [3.05, 3.63) is 33.2 Å². The van der Waals surface area contributed by atoms with E-state index in [1.54, 1.807) is 0 Å². The SMILES string of the molecule is Brc1ccc(Br)cc1.CCC=O. The van der Waals surface area contributed by atoms with E-state index >= 15 is 0 Å². The average Bonchev–Trinajstić information content (AvgIpc) is 2.11. The maximum Gasteiger partial charge on any atom is 0.119 e. The standard InChI is InChI=1S/C6H4Br2.C3H6O/c7-5-1-2-6(8)4-3-5;1-2-3-4/h1-4H;3H,2H2,1H3. The van der Waals surface area contributed by atoms with Gasteiger partial charge in [-0.3, -0.25) is 0 Å². The van der Waals surface area contributed by atoms with E-state index in [2.05, 4.69) is 31.9 Å². The van der Waals surface area contributed by atoms with Gasteiger partial charge in [0.2, 0.25) is 0 Å². The van der Waals surface area contributed by atoms with Crippen LogP contribution in [0.2, 0.25) is 0 Å². The highest BCUT2D eigenvalue weighted by Gasteiger charge is 1.83. The van der Waals surface area contributed by atoms with Crippen LogP contribution in [0, 0.1) is 0 Å². The van der Waals surface area contributed by atoms with Crippen molar-refractivity contribution in [3.63, 3.8) is 0 Å². The number of benzene rings is 1. The molecule has 0 saturated heterocycles. The van der Waals surface area contributed by atoms with Gasteiger partial charge >= 0.3 is 0 Å². The van der Waals surface area contributed by atoms with Crippen LogP contribution < -0.4 is 0 Å². The van der Waals surface area contributed by atoms with Crippen molar-refractivity contribution < 1.29 is 4.79 Å². The van der Waals surface area contributed by atoms with Gasteiger partial charge in [0.1, 0.15) is 6.29 Å². The van der Waals surface area contributed by atoms with E-state index < -0.39 is 0 Å². The maximum absolute atomic E-state index is 9.17. The summed E-state index contributed by atoms with van der Waals surface area (Å²) >= 11 is 6.65. The summed E-state index contributed by atoms with van der Waals surface area (Å²) in [6.45, 7) is 1.81. The van der Waals surface area contributed by atoms with E-state index in [0.717, 1.165) is 15.2 Å². The summed E-state index contributed by atoms with van der Waals surface area (Å²) in [7, 11) is 0. The van der Waals surface area contributed by atoms with Crippen LogP contribution in [0.25, 0.3) is 0 Å². The molecule has 0 amide bonds. The normalized spacial score (nSPS) is 8.25. The minimum atomic E-state index is 0.639. The summed E-state index contributed by atoms with van der Waals surface area (Å²) in [6.07, 6.45) is 1.51. The number of rotatable bonds is 1. The Morgan fingerprint density at radius 1 is 1.17 bits per heavy atom. The first-order valence-corrected chi connectivity index (χ1v) is 5.14. The van der Waals surface area contributed by atoms with Crippen molar-refractivity contribution in [3.8, 4) is 0 Å². The van der Waals surface area contributed by atoms with Gasteiger partial charge < -0.3 is 4.79 Å². The van der Waals surface area contributed by atoms with Crippen LogP contribution in [0.4, 0.5) is 0 Å². The van der Waals surface area contributed by atoms with Gasteiger partial charge in [-0.15, -0.1) is 0 Å². The zero-order valence-corrected chi connectivity index (χ0v) is 9.93. The van der Waals surface area contributed by atoms with Crippen molar-refractivity contribution in [1.29, 1.82) is 0 Å². The Bertz CT molecular complexity index is 197. The number of aldehydes is 1. The molecule has 0 aliphatic rings. The van der Waals surface area contributed by atoms with Crippen molar-refractivity contribution in [1.82, 2.24) is 0 Å². The van der Waals surface area contributed by atoms with Gasteiger partial charge in [0.25, 0.3) is 0 Å². The molecule has 12 heavy (non-hydrogen) atoms. The zero-order chi connectivity index (χ0) is 9.40. The quantitative estimate of drug-likeness (QED) is 0.720. The number of carbonyl (C=O) groups is 1. The summed E-state index contributed by atoms with van der Waals surface area (Å²) in [6, 6.07) is 7.96. The minimum Gasteiger partial charge on any atom is -0.303 e. The molecule has 0 atom stereocenters. The highest BCUT2D eigenvalue weighted by atomic mass is 79.9. The summed E-state index contributed by atoms with van der Waals surface area (Å²) in [5.41, 5.74) is 0. The Morgan fingerprint density at radius 3 is 1.58 bits per heavy atom. The van der Waals surface area contributed by atoms with Gasteiger partial charge in [-0.25, -0.2) is 0 Å². The molecule has 1 aromatic rings. The van der Waals surface area contributed by atoms with Crippen molar-refractivity contribution >= 4 is 38.1 Å². The third-order valence-corrected chi connectivity index (χ3v) is 2.03. The highest BCUT2D eigenvalue weighted by molar-refractivity contribution is 9.11. The fourth-order valence-corrected chi connectivity index (χ4v) is 0.958. The first-order chi connectivity index (χ1) is 5.70. The molecular weight excluding hydrogens is 284 g/mol. The molecule has 1 rings (SSSR count). The Kier molecular flexibility index (Phi) is 7.40. The number of hydrogen-bond donors (Lipinski definition) is 0. The van der Waals surface area contributed by atoms with Crippen molar-refractivity contribution in [2.75, 3.05) is 0 Å². The molecule has 0 aliphatic heterocycles. The second-order valence-corrected chi connectivity index (χ2v) is 3.84. The van der Waals surface area contributed by atoms with Gasteiger partial charge in [-0.1, -0.05) is 38.8 Å². The van der Waals surface area contributed by atoms with Gasteiger partial charge in [-0.2, -0.15) is 0 Å². The van der Waals surface area contributed by atoms with Crippen LogP contribution >= 0.6 is 31.9 Å². The fourth-order valence-electron chi connectivity index (χ4n) is 0.430. The molecule has 1 aromatic carbocycles. The van der Waals surface area contributed by atoms with Crippen LogP contribution in [-0.4, -0.2) is 6.29 Å². The maximum atomic E-state index is 9.17. The molecule has 0 spiro atoms. The van der Waals surface area contributed by atoms with Crippen molar-refractivity contribution in [2.45, 2.75) is 13.3 Å². The largest absolute Gasteiger partial charge is 0.303 e.